The lowest BCUT2D eigenvalue weighted by molar-refractivity contribution is -0.151. The maximum atomic E-state index is 12.0. The summed E-state index contributed by atoms with van der Waals surface area (Å²) < 4.78 is 0. The van der Waals surface area contributed by atoms with Crippen LogP contribution in [0.5, 0.6) is 0 Å². The minimum atomic E-state index is -0.816. The third-order valence-electron chi connectivity index (χ3n) is 3.87. The molecule has 18 heavy (non-hydrogen) atoms. The van der Waals surface area contributed by atoms with Crippen molar-refractivity contribution in [3.05, 3.63) is 0 Å². The first-order valence-electron chi connectivity index (χ1n) is 6.86. The minimum Gasteiger partial charge on any atom is -0.481 e. The molecule has 0 aliphatic heterocycles. The van der Waals surface area contributed by atoms with E-state index in [0.29, 0.717) is 12.8 Å². The third kappa shape index (κ3) is 3.72. The van der Waals surface area contributed by atoms with Gasteiger partial charge in [0.25, 0.3) is 0 Å². The lowest BCUT2D eigenvalue weighted by atomic mass is 9.82. The van der Waals surface area contributed by atoms with E-state index in [1.807, 2.05) is 13.8 Å². The molecule has 4 heteroatoms. The zero-order valence-corrected chi connectivity index (χ0v) is 11.7. The van der Waals surface area contributed by atoms with E-state index in [4.69, 9.17) is 0 Å². The van der Waals surface area contributed by atoms with Gasteiger partial charge in [0.2, 0.25) is 5.91 Å². The van der Waals surface area contributed by atoms with Crippen LogP contribution in [0.4, 0.5) is 0 Å². The lowest BCUT2D eigenvalue weighted by Gasteiger charge is -2.29. The second kappa shape index (κ2) is 5.72. The lowest BCUT2D eigenvalue weighted by Crippen LogP contribution is -2.46. The number of carbonyl (C=O) groups excluding carboxylic acids is 1. The van der Waals surface area contributed by atoms with Gasteiger partial charge in [-0.3, -0.25) is 9.59 Å². The highest BCUT2D eigenvalue weighted by atomic mass is 16.4. The number of hydrogen-bond donors (Lipinski definition) is 2. The Morgan fingerprint density at radius 3 is 2.28 bits per heavy atom. The highest BCUT2D eigenvalue weighted by Gasteiger charge is 2.43. The predicted molar refractivity (Wildman–Crippen MR) is 70.3 cm³/mol. The maximum Gasteiger partial charge on any atom is 0.310 e. The van der Waals surface area contributed by atoms with Gasteiger partial charge >= 0.3 is 5.97 Å². The van der Waals surface area contributed by atoms with Gasteiger partial charge < -0.3 is 10.4 Å². The van der Waals surface area contributed by atoms with Crippen LogP contribution in [0.2, 0.25) is 0 Å². The molecule has 0 aromatic rings. The number of amides is 1. The normalized spacial score (nSPS) is 18.6. The molecule has 0 radical (unpaired) electrons. The molecule has 1 rings (SSSR count). The summed E-state index contributed by atoms with van der Waals surface area (Å²) in [6, 6.07) is 0. The molecule has 0 unspecified atom stereocenters. The molecule has 0 aromatic heterocycles. The summed E-state index contributed by atoms with van der Waals surface area (Å²) in [5.41, 5.74) is -1.06. The van der Waals surface area contributed by atoms with Crippen LogP contribution < -0.4 is 5.32 Å². The molecule has 1 aliphatic carbocycles. The van der Waals surface area contributed by atoms with Crippen LogP contribution >= 0.6 is 0 Å². The summed E-state index contributed by atoms with van der Waals surface area (Å²) in [6.07, 6.45) is 5.11. The van der Waals surface area contributed by atoms with E-state index >= 15 is 0 Å². The largest absolute Gasteiger partial charge is 0.481 e. The van der Waals surface area contributed by atoms with E-state index in [1.54, 1.807) is 0 Å². The van der Waals surface area contributed by atoms with E-state index < -0.39 is 11.4 Å². The summed E-state index contributed by atoms with van der Waals surface area (Å²) >= 11 is 0. The monoisotopic (exact) mass is 255 g/mol. The van der Waals surface area contributed by atoms with Crippen LogP contribution in [0, 0.1) is 5.41 Å². The van der Waals surface area contributed by atoms with E-state index in [-0.39, 0.29) is 17.9 Å². The molecule has 1 saturated carbocycles. The van der Waals surface area contributed by atoms with Crippen LogP contribution in [-0.2, 0) is 9.59 Å². The molecule has 4 nitrogen and oxygen atoms in total. The molecule has 0 saturated heterocycles. The first-order chi connectivity index (χ1) is 8.31. The average molecular weight is 255 g/mol. The zero-order chi connectivity index (χ0) is 13.8. The number of carbonyl (C=O) groups is 2. The fourth-order valence-electron chi connectivity index (χ4n) is 2.93. The van der Waals surface area contributed by atoms with Crippen LogP contribution in [0.25, 0.3) is 0 Å². The summed E-state index contributed by atoms with van der Waals surface area (Å²) in [7, 11) is 0. The Labute approximate surface area is 109 Å². The molecule has 1 fully saturated rings. The number of hydrogen-bond acceptors (Lipinski definition) is 2. The van der Waals surface area contributed by atoms with E-state index in [0.717, 1.165) is 25.7 Å². The van der Waals surface area contributed by atoms with Crippen molar-refractivity contribution in [3.8, 4) is 0 Å². The Balaban J connectivity index is 2.60. The molecule has 0 atom stereocenters. The van der Waals surface area contributed by atoms with Crippen molar-refractivity contribution in [1.82, 2.24) is 5.32 Å². The first-order valence-corrected chi connectivity index (χ1v) is 6.86. The van der Waals surface area contributed by atoms with Gasteiger partial charge in [-0.2, -0.15) is 0 Å². The van der Waals surface area contributed by atoms with Crippen molar-refractivity contribution in [2.24, 2.45) is 5.41 Å². The van der Waals surface area contributed by atoms with E-state index in [1.165, 1.54) is 0 Å². The van der Waals surface area contributed by atoms with Gasteiger partial charge in [0, 0.05) is 12.0 Å². The van der Waals surface area contributed by atoms with Crippen molar-refractivity contribution >= 4 is 11.9 Å². The Morgan fingerprint density at radius 2 is 1.83 bits per heavy atom. The van der Waals surface area contributed by atoms with Crippen LogP contribution in [0.1, 0.15) is 65.7 Å². The molecule has 1 aliphatic rings. The smallest absolute Gasteiger partial charge is 0.310 e. The molecule has 0 heterocycles. The fraction of sp³-hybridized carbons (Fsp3) is 0.857. The summed E-state index contributed by atoms with van der Waals surface area (Å²) in [4.78, 5) is 23.4. The third-order valence-corrected chi connectivity index (χ3v) is 3.87. The minimum absolute atomic E-state index is 0.121. The maximum absolute atomic E-state index is 12.0. The molecule has 0 bridgehead atoms. The quantitative estimate of drug-likeness (QED) is 0.767. The van der Waals surface area contributed by atoms with E-state index in [9.17, 15) is 14.7 Å². The van der Waals surface area contributed by atoms with Gasteiger partial charge in [0.05, 0.1) is 5.41 Å². The van der Waals surface area contributed by atoms with Gasteiger partial charge in [-0.15, -0.1) is 0 Å². The number of aliphatic carboxylic acids is 1. The summed E-state index contributed by atoms with van der Waals surface area (Å²) in [6.45, 7) is 6.04. The van der Waals surface area contributed by atoms with Gasteiger partial charge in [-0.05, 0) is 33.1 Å². The average Bonchev–Trinajstić information content (AvgIpc) is 2.65. The molecule has 0 aromatic carbocycles. The zero-order valence-electron chi connectivity index (χ0n) is 11.7. The highest BCUT2D eigenvalue weighted by molar-refractivity contribution is 5.85. The summed E-state index contributed by atoms with van der Waals surface area (Å²) in [5, 5.41) is 12.3. The SMILES string of the molecule is CCCC(C)(C)NC(=O)CC1(C(=O)O)CCCC1. The van der Waals surface area contributed by atoms with Crippen LogP contribution in [0.3, 0.4) is 0 Å². The number of carboxylic acids is 1. The summed E-state index contributed by atoms with van der Waals surface area (Å²) in [5.74, 6) is -0.943. The van der Waals surface area contributed by atoms with Gasteiger partial charge in [0.15, 0.2) is 0 Å². The van der Waals surface area contributed by atoms with Gasteiger partial charge in [-0.25, -0.2) is 0 Å². The first kappa shape index (κ1) is 15.0. The molecule has 0 spiro atoms. The van der Waals surface area contributed by atoms with Crippen molar-refractivity contribution in [2.75, 3.05) is 0 Å². The molecular formula is C14H25NO3. The Bertz CT molecular complexity index is 317. The molecule has 2 N–H and O–H groups in total. The Morgan fingerprint density at radius 1 is 1.28 bits per heavy atom. The Kier molecular flexibility index (Phi) is 4.77. The molecular weight excluding hydrogens is 230 g/mol. The van der Waals surface area contributed by atoms with Crippen molar-refractivity contribution in [3.63, 3.8) is 0 Å². The fourth-order valence-corrected chi connectivity index (χ4v) is 2.93. The Hall–Kier alpha value is -1.06. The van der Waals surface area contributed by atoms with Gasteiger partial charge in [0.1, 0.15) is 0 Å². The molecule has 104 valence electrons. The number of nitrogens with one attached hydrogen (secondary N) is 1. The van der Waals surface area contributed by atoms with Crippen LogP contribution in [-0.4, -0.2) is 22.5 Å². The van der Waals surface area contributed by atoms with Crippen molar-refractivity contribution in [2.45, 2.75) is 71.3 Å². The molecule has 1 amide bonds. The van der Waals surface area contributed by atoms with E-state index in [2.05, 4.69) is 12.2 Å². The highest BCUT2D eigenvalue weighted by Crippen LogP contribution is 2.41. The predicted octanol–water partition coefficient (Wildman–Crippen LogP) is 2.72. The van der Waals surface area contributed by atoms with Crippen LogP contribution in [0.15, 0.2) is 0 Å². The second-order valence-electron chi connectivity index (χ2n) is 6.15. The van der Waals surface area contributed by atoms with Gasteiger partial charge in [-0.1, -0.05) is 26.2 Å². The van der Waals surface area contributed by atoms with Crippen molar-refractivity contribution < 1.29 is 14.7 Å². The topological polar surface area (TPSA) is 66.4 Å². The standard InChI is InChI=1S/C14H25NO3/c1-4-7-13(2,3)15-11(16)10-14(12(17)18)8-5-6-9-14/h4-10H2,1-3H3,(H,15,16)(H,17,18). The second-order valence-corrected chi connectivity index (χ2v) is 6.15. The number of carboxylic acid groups (broad SMARTS) is 1. The number of rotatable bonds is 6. The van der Waals surface area contributed by atoms with Crippen molar-refractivity contribution in [1.29, 1.82) is 0 Å².